The van der Waals surface area contributed by atoms with Gasteiger partial charge in [-0.3, -0.25) is 0 Å². The van der Waals surface area contributed by atoms with Gasteiger partial charge < -0.3 is 0 Å². The van der Waals surface area contributed by atoms with E-state index in [-0.39, 0.29) is 5.82 Å². The average Bonchev–Trinajstić information content (AvgIpc) is 2.02. The molecule has 0 fully saturated rings. The lowest BCUT2D eigenvalue weighted by molar-refractivity contribution is -0.138. The zero-order valence-electron chi connectivity index (χ0n) is 6.65. The molecule has 0 amide bonds. The lowest BCUT2D eigenvalue weighted by Gasteiger charge is -2.04. The maximum Gasteiger partial charge on any atom is 0.419 e. The molecule has 0 bridgehead atoms. The van der Waals surface area contributed by atoms with Crippen LogP contribution in [0, 0.1) is 0 Å². The van der Waals surface area contributed by atoms with Crippen LogP contribution < -0.4 is 0 Å². The molecule has 0 aliphatic heterocycles. The molecule has 1 rings (SSSR count). The Morgan fingerprint density at radius 3 is 2.07 bits per heavy atom. The fourth-order valence-electron chi connectivity index (χ4n) is 0.698. The molecular formula is C6H5F3N2O2S. The predicted octanol–water partition coefficient (Wildman–Crippen LogP) is 0.607. The summed E-state index contributed by atoms with van der Waals surface area (Å²) in [4.78, 5) is 6.54. The largest absolute Gasteiger partial charge is 0.419 e. The monoisotopic (exact) mass is 226 g/mol. The van der Waals surface area contributed by atoms with Crippen LogP contribution in [0.2, 0.25) is 0 Å². The first-order valence-electron chi connectivity index (χ1n) is 3.39. The van der Waals surface area contributed by atoms with Crippen LogP contribution in [0.1, 0.15) is 11.4 Å². The van der Waals surface area contributed by atoms with E-state index < -0.39 is 28.2 Å². The maximum atomic E-state index is 12.0. The Bertz CT molecular complexity index is 377. The third-order valence-electron chi connectivity index (χ3n) is 1.30. The van der Waals surface area contributed by atoms with Gasteiger partial charge in [-0.1, -0.05) is 0 Å². The van der Waals surface area contributed by atoms with Crippen LogP contribution >= 0.6 is 0 Å². The highest BCUT2D eigenvalue weighted by Crippen LogP contribution is 2.27. The van der Waals surface area contributed by atoms with E-state index in [1.165, 1.54) is 0 Å². The molecule has 0 unspecified atom stereocenters. The van der Waals surface area contributed by atoms with E-state index in [0.717, 1.165) is 0 Å². The Hall–Kier alpha value is -1.18. The van der Waals surface area contributed by atoms with Crippen molar-refractivity contribution < 1.29 is 21.6 Å². The summed E-state index contributed by atoms with van der Waals surface area (Å²) >= 11 is 0. The molecule has 0 spiro atoms. The minimum Gasteiger partial charge on any atom is -0.240 e. The first-order chi connectivity index (χ1) is 6.39. The quantitative estimate of drug-likeness (QED) is 0.750. The first-order valence-corrected chi connectivity index (χ1v) is 4.76. The predicted molar refractivity (Wildman–Crippen MR) is 41.1 cm³/mol. The number of rotatable bonds is 2. The zero-order valence-corrected chi connectivity index (χ0v) is 7.55. The van der Waals surface area contributed by atoms with Gasteiger partial charge in [-0.25, -0.2) is 18.4 Å². The molecule has 78 valence electrons. The average molecular weight is 226 g/mol. The molecule has 0 aromatic carbocycles. The van der Waals surface area contributed by atoms with E-state index in [0.29, 0.717) is 12.4 Å². The number of halogens is 3. The van der Waals surface area contributed by atoms with Crippen molar-refractivity contribution in [2.45, 2.75) is 11.9 Å². The molecule has 14 heavy (non-hydrogen) atoms. The molecule has 1 heterocycles. The highest BCUT2D eigenvalue weighted by molar-refractivity contribution is 7.71. The van der Waals surface area contributed by atoms with E-state index in [1.807, 2.05) is 0 Å². The van der Waals surface area contributed by atoms with Gasteiger partial charge in [0.15, 0.2) is 0 Å². The fourth-order valence-corrected chi connectivity index (χ4v) is 1.09. The highest BCUT2D eigenvalue weighted by atomic mass is 32.2. The van der Waals surface area contributed by atoms with Crippen LogP contribution in [-0.2, 0) is 22.6 Å². The summed E-state index contributed by atoms with van der Waals surface area (Å²) in [5.41, 5.74) is -0.998. The SMILES string of the molecule is O=[SH](=O)Cc1ncc(C(F)(F)F)cn1. The molecule has 1 aromatic rings. The number of hydrogen-bond acceptors (Lipinski definition) is 4. The van der Waals surface area contributed by atoms with Crippen LogP contribution in [0.5, 0.6) is 0 Å². The second kappa shape index (κ2) is 3.91. The summed E-state index contributed by atoms with van der Waals surface area (Å²) in [5.74, 6) is -0.595. The molecule has 0 atom stereocenters. The molecule has 1 aromatic heterocycles. The smallest absolute Gasteiger partial charge is 0.240 e. The van der Waals surface area contributed by atoms with Crippen LogP contribution in [0.15, 0.2) is 12.4 Å². The van der Waals surface area contributed by atoms with Gasteiger partial charge in [-0.2, -0.15) is 13.2 Å². The number of nitrogens with zero attached hydrogens (tertiary/aromatic N) is 2. The molecule has 0 N–H and O–H groups in total. The fraction of sp³-hybridized carbons (Fsp3) is 0.333. The van der Waals surface area contributed by atoms with Crippen LogP contribution in [0.3, 0.4) is 0 Å². The summed E-state index contributed by atoms with van der Waals surface area (Å²) in [6.07, 6.45) is -3.39. The lowest BCUT2D eigenvalue weighted by Crippen LogP contribution is -2.07. The molecule has 4 nitrogen and oxygen atoms in total. The summed E-state index contributed by atoms with van der Waals surface area (Å²) in [5, 5.41) is 0. The number of thiol groups is 1. The van der Waals surface area contributed by atoms with Gasteiger partial charge in [0.1, 0.15) is 22.3 Å². The standard InChI is InChI=1S/C6H5F3N2O2S/c7-6(8,9)4-1-10-5(11-2-4)3-14(12)13/h1-2,14H,3H2. The number of alkyl halides is 3. The van der Waals surface area contributed by atoms with Gasteiger partial charge in [-0.15, -0.1) is 0 Å². The van der Waals surface area contributed by atoms with Crippen molar-refractivity contribution in [3.8, 4) is 0 Å². The Balaban J connectivity index is 2.89. The van der Waals surface area contributed by atoms with E-state index in [9.17, 15) is 21.6 Å². The minimum atomic E-state index is -4.50. The Morgan fingerprint density at radius 2 is 1.71 bits per heavy atom. The van der Waals surface area contributed by atoms with Crippen LogP contribution in [-0.4, -0.2) is 18.4 Å². The van der Waals surface area contributed by atoms with E-state index in [1.54, 1.807) is 0 Å². The molecule has 0 saturated heterocycles. The van der Waals surface area contributed by atoms with Gasteiger partial charge >= 0.3 is 6.18 Å². The van der Waals surface area contributed by atoms with Crippen molar-refractivity contribution in [3.63, 3.8) is 0 Å². The molecule has 0 saturated carbocycles. The van der Waals surface area contributed by atoms with Gasteiger partial charge in [-0.05, 0) is 0 Å². The summed E-state index contributed by atoms with van der Waals surface area (Å²) in [6.45, 7) is 0. The van der Waals surface area contributed by atoms with Gasteiger partial charge in [0.05, 0.1) is 5.56 Å². The van der Waals surface area contributed by atoms with Crippen molar-refractivity contribution in [3.05, 3.63) is 23.8 Å². The van der Waals surface area contributed by atoms with Crippen molar-refractivity contribution in [1.82, 2.24) is 9.97 Å². The van der Waals surface area contributed by atoms with Gasteiger partial charge in [0.25, 0.3) is 0 Å². The van der Waals surface area contributed by atoms with Crippen molar-refractivity contribution in [1.29, 1.82) is 0 Å². The van der Waals surface area contributed by atoms with Crippen LogP contribution in [0.25, 0.3) is 0 Å². The maximum absolute atomic E-state index is 12.0. The molecule has 0 aliphatic rings. The Labute approximate surface area is 78.8 Å². The zero-order chi connectivity index (χ0) is 10.8. The minimum absolute atomic E-state index is 0.144. The topological polar surface area (TPSA) is 59.9 Å². The second-order valence-electron chi connectivity index (χ2n) is 2.38. The summed E-state index contributed by atoms with van der Waals surface area (Å²) < 4.78 is 56.3. The second-order valence-corrected chi connectivity index (χ2v) is 3.36. The molecule has 8 heteroatoms. The van der Waals surface area contributed by atoms with E-state index in [4.69, 9.17) is 0 Å². The normalized spacial score (nSPS) is 12.0. The van der Waals surface area contributed by atoms with Gasteiger partial charge in [0.2, 0.25) is 0 Å². The van der Waals surface area contributed by atoms with Crippen molar-refractivity contribution >= 4 is 10.7 Å². The highest BCUT2D eigenvalue weighted by Gasteiger charge is 2.31. The van der Waals surface area contributed by atoms with Crippen molar-refractivity contribution in [2.75, 3.05) is 0 Å². The molecular weight excluding hydrogens is 221 g/mol. The van der Waals surface area contributed by atoms with Gasteiger partial charge in [0, 0.05) is 12.4 Å². The summed E-state index contributed by atoms with van der Waals surface area (Å²) in [6, 6.07) is 0. The molecule has 0 aliphatic carbocycles. The third kappa shape index (κ3) is 2.95. The Kier molecular flexibility index (Phi) is 3.04. The number of aromatic nitrogens is 2. The van der Waals surface area contributed by atoms with E-state index in [2.05, 4.69) is 9.97 Å². The molecule has 0 radical (unpaired) electrons. The third-order valence-corrected chi connectivity index (χ3v) is 1.84. The van der Waals surface area contributed by atoms with Crippen molar-refractivity contribution in [2.24, 2.45) is 0 Å². The number of hydrogen-bond donors (Lipinski definition) is 1. The van der Waals surface area contributed by atoms with Crippen LogP contribution in [0.4, 0.5) is 13.2 Å². The van der Waals surface area contributed by atoms with E-state index >= 15 is 0 Å². The Morgan fingerprint density at radius 1 is 1.21 bits per heavy atom. The first kappa shape index (κ1) is 10.9. The summed E-state index contributed by atoms with van der Waals surface area (Å²) in [7, 11) is -2.72. The lowest BCUT2D eigenvalue weighted by atomic mass is 10.3.